The number of fused-ring (bicyclic) bond motifs is 1. The summed E-state index contributed by atoms with van der Waals surface area (Å²) >= 11 is 6.30. The molecule has 90 valence electrons. The van der Waals surface area contributed by atoms with Crippen LogP contribution in [0.2, 0.25) is 0 Å². The Hall–Kier alpha value is -0.950. The topological polar surface area (TPSA) is 9.23 Å². The maximum Gasteiger partial charge on any atom is 0.130 e. The molecule has 1 nitrogen and oxygen atoms in total. The molecule has 1 heterocycles. The minimum atomic E-state index is 0.185. The van der Waals surface area contributed by atoms with Gasteiger partial charge in [0.1, 0.15) is 5.75 Å². The summed E-state index contributed by atoms with van der Waals surface area (Å²) < 4.78 is 5.77. The summed E-state index contributed by atoms with van der Waals surface area (Å²) in [4.78, 5) is 0. The molecule has 0 bridgehead atoms. The maximum atomic E-state index is 6.30. The van der Waals surface area contributed by atoms with Gasteiger partial charge < -0.3 is 4.74 Å². The number of allylic oxidation sites excluding steroid dienone is 2. The summed E-state index contributed by atoms with van der Waals surface area (Å²) in [5, 5.41) is 0.185. The molecule has 0 saturated heterocycles. The molecule has 1 aliphatic heterocycles. The van der Waals surface area contributed by atoms with Crippen LogP contribution < -0.4 is 4.74 Å². The third kappa shape index (κ3) is 2.21. The predicted molar refractivity (Wildman–Crippen MR) is 71.7 cm³/mol. The average Bonchev–Trinajstić information content (AvgIpc) is 2.71. The van der Waals surface area contributed by atoms with Gasteiger partial charge in [0.05, 0.1) is 12.0 Å². The van der Waals surface area contributed by atoms with Crippen molar-refractivity contribution in [3.05, 3.63) is 35.4 Å². The first-order chi connectivity index (χ1) is 8.34. The van der Waals surface area contributed by atoms with Crippen molar-refractivity contribution in [1.82, 2.24) is 0 Å². The molecule has 0 radical (unpaired) electrons. The van der Waals surface area contributed by atoms with Crippen LogP contribution >= 0.6 is 11.6 Å². The SMILES string of the molecule is ClC1C=C(c2cccc3c2OCC3)CCCC1. The molecule has 0 spiro atoms. The van der Waals surface area contributed by atoms with Crippen molar-refractivity contribution < 1.29 is 4.74 Å². The number of rotatable bonds is 1. The maximum absolute atomic E-state index is 6.30. The van der Waals surface area contributed by atoms with E-state index in [0.717, 1.165) is 31.6 Å². The Labute approximate surface area is 107 Å². The third-order valence-electron chi connectivity index (χ3n) is 3.62. The molecule has 1 aliphatic carbocycles. The number of halogens is 1. The van der Waals surface area contributed by atoms with Crippen molar-refractivity contribution in [3.63, 3.8) is 0 Å². The molecule has 3 rings (SSSR count). The van der Waals surface area contributed by atoms with Crippen molar-refractivity contribution in [3.8, 4) is 5.75 Å². The Morgan fingerprint density at radius 2 is 2.12 bits per heavy atom. The Balaban J connectivity index is 2.01. The highest BCUT2D eigenvalue weighted by atomic mass is 35.5. The van der Waals surface area contributed by atoms with Crippen molar-refractivity contribution in [2.75, 3.05) is 6.61 Å². The van der Waals surface area contributed by atoms with Gasteiger partial charge in [-0.1, -0.05) is 30.7 Å². The fourth-order valence-electron chi connectivity index (χ4n) is 2.73. The van der Waals surface area contributed by atoms with Gasteiger partial charge in [0.25, 0.3) is 0 Å². The van der Waals surface area contributed by atoms with E-state index in [1.165, 1.54) is 29.5 Å². The molecule has 2 aliphatic rings. The number of benzene rings is 1. The highest BCUT2D eigenvalue weighted by molar-refractivity contribution is 6.22. The molecule has 0 amide bonds. The van der Waals surface area contributed by atoms with E-state index in [2.05, 4.69) is 24.3 Å². The predicted octanol–water partition coefficient (Wildman–Crippen LogP) is 4.19. The zero-order chi connectivity index (χ0) is 11.7. The van der Waals surface area contributed by atoms with Crippen molar-refractivity contribution >= 4 is 17.2 Å². The van der Waals surface area contributed by atoms with E-state index in [-0.39, 0.29) is 5.38 Å². The molecule has 0 saturated carbocycles. The van der Waals surface area contributed by atoms with Gasteiger partial charge in [-0.3, -0.25) is 0 Å². The Morgan fingerprint density at radius 1 is 1.18 bits per heavy atom. The molecular formula is C15H17ClO. The fourth-order valence-corrected chi connectivity index (χ4v) is 3.04. The van der Waals surface area contributed by atoms with Gasteiger partial charge in [0.2, 0.25) is 0 Å². The second-order valence-electron chi connectivity index (χ2n) is 4.85. The number of para-hydroxylation sites is 1. The monoisotopic (exact) mass is 248 g/mol. The molecule has 2 heteroatoms. The lowest BCUT2D eigenvalue weighted by molar-refractivity contribution is 0.356. The first kappa shape index (κ1) is 11.2. The summed E-state index contributed by atoms with van der Waals surface area (Å²) in [5.74, 6) is 1.10. The summed E-state index contributed by atoms with van der Waals surface area (Å²) in [6.45, 7) is 0.823. The lowest BCUT2D eigenvalue weighted by Gasteiger charge is -2.11. The first-order valence-corrected chi connectivity index (χ1v) is 6.88. The van der Waals surface area contributed by atoms with Crippen LogP contribution in [0.15, 0.2) is 24.3 Å². The highest BCUT2D eigenvalue weighted by Gasteiger charge is 2.19. The van der Waals surface area contributed by atoms with E-state index >= 15 is 0 Å². The molecule has 1 aromatic rings. The van der Waals surface area contributed by atoms with Gasteiger partial charge in [-0.05, 0) is 30.4 Å². The zero-order valence-electron chi connectivity index (χ0n) is 9.92. The number of hydrogen-bond acceptors (Lipinski definition) is 1. The van der Waals surface area contributed by atoms with E-state index in [1.807, 2.05) is 0 Å². The first-order valence-electron chi connectivity index (χ1n) is 6.44. The Kier molecular flexibility index (Phi) is 3.11. The largest absolute Gasteiger partial charge is 0.492 e. The molecule has 0 aromatic heterocycles. The summed E-state index contributed by atoms with van der Waals surface area (Å²) in [7, 11) is 0. The van der Waals surface area contributed by atoms with E-state index in [1.54, 1.807) is 0 Å². The molecule has 1 unspecified atom stereocenters. The van der Waals surface area contributed by atoms with Crippen LogP contribution in [0, 0.1) is 0 Å². The fraction of sp³-hybridized carbons (Fsp3) is 0.467. The standard InChI is InChI=1S/C15H17ClO/c16-13-6-2-1-4-12(10-13)14-7-3-5-11-8-9-17-15(11)14/h3,5,7,10,13H,1-2,4,6,8-9H2. The van der Waals surface area contributed by atoms with Crippen LogP contribution in [-0.2, 0) is 6.42 Å². The lowest BCUT2D eigenvalue weighted by Crippen LogP contribution is -1.94. The molecule has 0 fully saturated rings. The van der Waals surface area contributed by atoms with Gasteiger partial charge in [-0.15, -0.1) is 11.6 Å². The number of hydrogen-bond donors (Lipinski definition) is 0. The van der Waals surface area contributed by atoms with E-state index in [9.17, 15) is 0 Å². The van der Waals surface area contributed by atoms with E-state index in [0.29, 0.717) is 0 Å². The Morgan fingerprint density at radius 3 is 3.06 bits per heavy atom. The smallest absolute Gasteiger partial charge is 0.130 e. The quantitative estimate of drug-likeness (QED) is 0.678. The lowest BCUT2D eigenvalue weighted by atomic mass is 9.98. The number of ether oxygens (including phenoxy) is 1. The Bertz CT molecular complexity index is 450. The van der Waals surface area contributed by atoms with Crippen molar-refractivity contribution in [1.29, 1.82) is 0 Å². The summed E-state index contributed by atoms with van der Waals surface area (Å²) in [6, 6.07) is 6.48. The van der Waals surface area contributed by atoms with Gasteiger partial charge in [0, 0.05) is 12.0 Å². The van der Waals surface area contributed by atoms with Gasteiger partial charge in [-0.2, -0.15) is 0 Å². The van der Waals surface area contributed by atoms with Gasteiger partial charge in [0.15, 0.2) is 0 Å². The van der Waals surface area contributed by atoms with Gasteiger partial charge >= 0.3 is 0 Å². The third-order valence-corrected chi connectivity index (χ3v) is 3.96. The van der Waals surface area contributed by atoms with Crippen LogP contribution in [0.1, 0.15) is 36.8 Å². The molecular weight excluding hydrogens is 232 g/mol. The molecule has 0 N–H and O–H groups in total. The molecule has 1 aromatic carbocycles. The molecule has 17 heavy (non-hydrogen) atoms. The summed E-state index contributed by atoms with van der Waals surface area (Å²) in [6.07, 6.45) is 7.96. The number of alkyl halides is 1. The van der Waals surface area contributed by atoms with Crippen LogP contribution in [0.5, 0.6) is 5.75 Å². The van der Waals surface area contributed by atoms with Crippen molar-refractivity contribution in [2.45, 2.75) is 37.5 Å². The van der Waals surface area contributed by atoms with Crippen LogP contribution in [0.3, 0.4) is 0 Å². The minimum absolute atomic E-state index is 0.185. The van der Waals surface area contributed by atoms with E-state index in [4.69, 9.17) is 16.3 Å². The highest BCUT2D eigenvalue weighted by Crippen LogP contribution is 2.37. The average molecular weight is 249 g/mol. The minimum Gasteiger partial charge on any atom is -0.492 e. The summed E-state index contributed by atoms with van der Waals surface area (Å²) in [5.41, 5.74) is 3.99. The second kappa shape index (κ2) is 4.73. The van der Waals surface area contributed by atoms with Crippen LogP contribution in [0.25, 0.3) is 5.57 Å². The van der Waals surface area contributed by atoms with Crippen LogP contribution in [-0.4, -0.2) is 12.0 Å². The normalized spacial score (nSPS) is 23.6. The zero-order valence-corrected chi connectivity index (χ0v) is 10.7. The molecule has 1 atom stereocenters. The van der Waals surface area contributed by atoms with Crippen molar-refractivity contribution in [2.24, 2.45) is 0 Å². The van der Waals surface area contributed by atoms with Gasteiger partial charge in [-0.25, -0.2) is 0 Å². The van der Waals surface area contributed by atoms with E-state index < -0.39 is 0 Å². The second-order valence-corrected chi connectivity index (χ2v) is 5.41. The van der Waals surface area contributed by atoms with Crippen LogP contribution in [0.4, 0.5) is 0 Å².